The predicted molar refractivity (Wildman–Crippen MR) is 103 cm³/mol. The molecule has 0 aliphatic heterocycles. The summed E-state index contributed by atoms with van der Waals surface area (Å²) in [5, 5.41) is 3.51. The number of nitrogens with one attached hydrogen (secondary N) is 1. The number of primary amides is 1. The maximum Gasteiger partial charge on any atom is 0.251 e. The van der Waals surface area contributed by atoms with Gasteiger partial charge in [-0.1, -0.05) is 11.6 Å². The smallest absolute Gasteiger partial charge is 0.251 e. The Morgan fingerprint density at radius 1 is 1.39 bits per heavy atom. The Balaban J connectivity index is 1.83. The number of aromatic nitrogens is 3. The monoisotopic (exact) mass is 399 g/mol. The van der Waals surface area contributed by atoms with Gasteiger partial charge in [0.1, 0.15) is 11.3 Å². The molecule has 0 aliphatic rings. The molecule has 1 amide bonds. The van der Waals surface area contributed by atoms with Crippen LogP contribution in [0.15, 0.2) is 47.6 Å². The van der Waals surface area contributed by atoms with Crippen molar-refractivity contribution in [1.29, 1.82) is 0 Å². The summed E-state index contributed by atoms with van der Waals surface area (Å²) in [7, 11) is 0. The van der Waals surface area contributed by atoms with Gasteiger partial charge in [0.2, 0.25) is 0 Å². The molecule has 0 saturated heterocycles. The number of hydrogen-bond acceptors (Lipinski definition) is 5. The highest BCUT2D eigenvalue weighted by atomic mass is 35.5. The third-order valence-corrected chi connectivity index (χ3v) is 4.61. The fourth-order valence-electron chi connectivity index (χ4n) is 2.99. The first-order chi connectivity index (χ1) is 13.4. The number of nitrogens with two attached hydrogens (primary N) is 1. The first-order valence-electron chi connectivity index (χ1n) is 8.31. The van der Waals surface area contributed by atoms with Crippen LogP contribution in [0.25, 0.3) is 11.0 Å². The molecular weight excluding hydrogens is 385 g/mol. The quantitative estimate of drug-likeness (QED) is 0.528. The van der Waals surface area contributed by atoms with E-state index < -0.39 is 11.7 Å². The predicted octanol–water partition coefficient (Wildman–Crippen LogP) is 4.02. The Kier molecular flexibility index (Phi) is 4.48. The molecule has 0 aliphatic carbocycles. The maximum absolute atomic E-state index is 15.3. The van der Waals surface area contributed by atoms with Crippen LogP contribution >= 0.6 is 11.6 Å². The highest BCUT2D eigenvalue weighted by Gasteiger charge is 2.21. The van der Waals surface area contributed by atoms with Gasteiger partial charge in [-0.2, -0.15) is 0 Å². The number of oxazole rings is 1. The molecule has 4 aromatic rings. The van der Waals surface area contributed by atoms with Crippen LogP contribution in [0, 0.1) is 12.7 Å². The van der Waals surface area contributed by atoms with Crippen LogP contribution in [-0.4, -0.2) is 20.4 Å². The van der Waals surface area contributed by atoms with Crippen molar-refractivity contribution >= 4 is 39.9 Å². The molecule has 28 heavy (non-hydrogen) atoms. The molecule has 2 aromatic carbocycles. The van der Waals surface area contributed by atoms with Crippen molar-refractivity contribution in [2.24, 2.45) is 5.73 Å². The molecule has 2 heterocycles. The molecule has 0 fully saturated rings. The van der Waals surface area contributed by atoms with Gasteiger partial charge in [0.15, 0.2) is 12.2 Å². The fourth-order valence-corrected chi connectivity index (χ4v) is 3.22. The van der Waals surface area contributed by atoms with Gasteiger partial charge in [-0.3, -0.25) is 4.79 Å². The van der Waals surface area contributed by atoms with Crippen LogP contribution in [-0.2, 0) is 6.54 Å². The van der Waals surface area contributed by atoms with Crippen molar-refractivity contribution in [3.63, 3.8) is 0 Å². The van der Waals surface area contributed by atoms with Crippen LogP contribution in [0.3, 0.4) is 0 Å². The van der Waals surface area contributed by atoms with Crippen molar-refractivity contribution < 1.29 is 13.6 Å². The third kappa shape index (κ3) is 3.18. The minimum absolute atomic E-state index is 0.0127. The van der Waals surface area contributed by atoms with Crippen LogP contribution in [0.1, 0.15) is 21.7 Å². The summed E-state index contributed by atoms with van der Waals surface area (Å²) < 4.78 is 22.1. The van der Waals surface area contributed by atoms with Gasteiger partial charge >= 0.3 is 0 Å². The summed E-state index contributed by atoms with van der Waals surface area (Å²) in [6.07, 6.45) is 4.33. The van der Waals surface area contributed by atoms with E-state index in [4.69, 9.17) is 21.8 Å². The number of aryl methyl sites for hydroxylation is 1. The summed E-state index contributed by atoms with van der Waals surface area (Å²) in [5.74, 6) is -0.862. The average molecular weight is 400 g/mol. The molecule has 4 rings (SSSR count). The van der Waals surface area contributed by atoms with Crippen LogP contribution in [0.4, 0.5) is 15.8 Å². The van der Waals surface area contributed by atoms with Gasteiger partial charge in [0, 0.05) is 10.7 Å². The van der Waals surface area contributed by atoms with E-state index in [1.165, 1.54) is 18.8 Å². The Hall–Kier alpha value is -3.39. The second kappa shape index (κ2) is 6.97. The Morgan fingerprint density at radius 3 is 2.89 bits per heavy atom. The number of carbonyl (C=O) groups is 1. The number of benzene rings is 2. The van der Waals surface area contributed by atoms with E-state index in [2.05, 4.69) is 15.3 Å². The number of hydrogen-bond donors (Lipinski definition) is 2. The highest BCUT2D eigenvalue weighted by Crippen LogP contribution is 2.32. The summed E-state index contributed by atoms with van der Waals surface area (Å²) in [5.41, 5.74) is 7.42. The lowest BCUT2D eigenvalue weighted by atomic mass is 10.1. The molecule has 7 nitrogen and oxygen atoms in total. The number of rotatable bonds is 5. The first-order valence-corrected chi connectivity index (χ1v) is 8.69. The molecule has 0 radical (unpaired) electrons. The topological polar surface area (TPSA) is 99.0 Å². The zero-order valence-corrected chi connectivity index (χ0v) is 15.5. The molecule has 2 aromatic heterocycles. The highest BCUT2D eigenvalue weighted by molar-refractivity contribution is 6.30. The first kappa shape index (κ1) is 18.0. The van der Waals surface area contributed by atoms with Crippen LogP contribution in [0.5, 0.6) is 0 Å². The van der Waals surface area contributed by atoms with Gasteiger partial charge < -0.3 is 20.0 Å². The normalized spacial score (nSPS) is 11.1. The van der Waals surface area contributed by atoms with Gasteiger partial charge in [0.25, 0.3) is 5.91 Å². The SMILES string of the molecule is Cc1cc(Cl)ccc1Nc1c(C(N)=O)cc2c(ncn2Cc2cnco2)c1F. The molecule has 0 bridgehead atoms. The van der Waals surface area contributed by atoms with Gasteiger partial charge in [0.05, 0.1) is 35.8 Å². The maximum atomic E-state index is 15.3. The average Bonchev–Trinajstić information content (AvgIpc) is 3.29. The van der Waals surface area contributed by atoms with E-state index >= 15 is 4.39 Å². The van der Waals surface area contributed by atoms with E-state index in [1.807, 2.05) is 6.92 Å². The molecule has 9 heteroatoms. The minimum Gasteiger partial charge on any atom is -0.447 e. The van der Waals surface area contributed by atoms with E-state index in [0.29, 0.717) is 22.0 Å². The molecular formula is C19H15ClFN5O2. The van der Waals surface area contributed by atoms with Crippen molar-refractivity contribution in [3.8, 4) is 0 Å². The molecule has 142 valence electrons. The van der Waals surface area contributed by atoms with E-state index in [0.717, 1.165) is 5.56 Å². The van der Waals surface area contributed by atoms with E-state index in [9.17, 15) is 4.79 Å². The molecule has 0 spiro atoms. The summed E-state index contributed by atoms with van der Waals surface area (Å²) in [6, 6.07) is 6.62. The minimum atomic E-state index is -0.762. The van der Waals surface area contributed by atoms with Crippen LogP contribution < -0.4 is 11.1 Å². The Morgan fingerprint density at radius 2 is 2.21 bits per heavy atom. The number of anilines is 2. The van der Waals surface area contributed by atoms with E-state index in [-0.39, 0.29) is 23.3 Å². The van der Waals surface area contributed by atoms with Crippen molar-refractivity contribution in [1.82, 2.24) is 14.5 Å². The number of halogens is 2. The second-order valence-corrected chi connectivity index (χ2v) is 6.71. The summed E-state index contributed by atoms with van der Waals surface area (Å²) >= 11 is 5.97. The van der Waals surface area contributed by atoms with Gasteiger partial charge in [-0.05, 0) is 36.8 Å². The zero-order valence-electron chi connectivity index (χ0n) is 14.7. The van der Waals surface area contributed by atoms with Crippen molar-refractivity contribution in [2.75, 3.05) is 5.32 Å². The number of nitrogens with zero attached hydrogens (tertiary/aromatic N) is 3. The zero-order chi connectivity index (χ0) is 19.8. The lowest BCUT2D eigenvalue weighted by Crippen LogP contribution is -2.15. The summed E-state index contributed by atoms with van der Waals surface area (Å²) in [6.45, 7) is 2.11. The Labute approximate surface area is 163 Å². The molecule has 0 unspecified atom stereocenters. The number of carbonyl (C=O) groups excluding carboxylic acids is 1. The second-order valence-electron chi connectivity index (χ2n) is 6.27. The van der Waals surface area contributed by atoms with Crippen LogP contribution in [0.2, 0.25) is 5.02 Å². The molecule has 3 N–H and O–H groups in total. The van der Waals surface area contributed by atoms with Gasteiger partial charge in [-0.25, -0.2) is 14.4 Å². The summed E-state index contributed by atoms with van der Waals surface area (Å²) in [4.78, 5) is 20.0. The molecule has 0 saturated carbocycles. The number of amides is 1. The standard InChI is InChI=1S/C19H15ClFN5O2/c1-10-4-11(20)2-3-14(10)25-17-13(19(22)27)5-15-18(16(17)21)24-8-26(15)7-12-6-23-9-28-12/h2-6,8-9,25H,7H2,1H3,(H2,22,27). The lowest BCUT2D eigenvalue weighted by molar-refractivity contribution is 0.100. The number of imidazole rings is 1. The van der Waals surface area contributed by atoms with Gasteiger partial charge in [-0.15, -0.1) is 0 Å². The lowest BCUT2D eigenvalue weighted by Gasteiger charge is -2.14. The Bertz CT molecular complexity index is 1190. The largest absolute Gasteiger partial charge is 0.447 e. The van der Waals surface area contributed by atoms with E-state index in [1.54, 1.807) is 29.0 Å². The van der Waals surface area contributed by atoms with Crippen molar-refractivity contribution in [3.05, 3.63) is 70.9 Å². The number of fused-ring (bicyclic) bond motifs is 1. The fraction of sp³-hybridized carbons (Fsp3) is 0.105. The molecule has 0 atom stereocenters. The van der Waals surface area contributed by atoms with Crippen molar-refractivity contribution in [2.45, 2.75) is 13.5 Å². The third-order valence-electron chi connectivity index (χ3n) is 4.38.